The Kier molecular flexibility index (Phi) is 4.24. The molecule has 0 atom stereocenters. The van der Waals surface area contributed by atoms with Gasteiger partial charge in [0.25, 0.3) is 5.56 Å². The highest BCUT2D eigenvalue weighted by molar-refractivity contribution is 5.95. The van der Waals surface area contributed by atoms with Crippen LogP contribution < -0.4 is 16.6 Å². The topological polar surface area (TPSA) is 136 Å². The maximum Gasteiger partial charge on any atom is 0.332 e. The first kappa shape index (κ1) is 17.3. The first-order valence-corrected chi connectivity index (χ1v) is 7.67. The van der Waals surface area contributed by atoms with Crippen LogP contribution in [0.5, 0.6) is 0 Å². The molecular formula is C16H15N5O5. The standard InChI is InChI=1S/C16H15N5O5/c1-20-14-13(15(25)21(2)16(20)26)18-9-4-3-8(7-10(9)19-14)17-11(22)5-6-12(23)24/h3-4,7H,5-6H2,1-2H3,(H,17,22)(H,23,24). The molecule has 3 aromatic rings. The van der Waals surface area contributed by atoms with Gasteiger partial charge in [0.1, 0.15) is 0 Å². The van der Waals surface area contributed by atoms with Gasteiger partial charge < -0.3 is 10.4 Å². The molecule has 0 saturated carbocycles. The van der Waals surface area contributed by atoms with Crippen molar-refractivity contribution in [2.24, 2.45) is 14.1 Å². The number of aryl methyl sites for hydroxylation is 1. The minimum Gasteiger partial charge on any atom is -0.481 e. The Labute approximate surface area is 145 Å². The third-order valence-electron chi connectivity index (χ3n) is 3.89. The van der Waals surface area contributed by atoms with Gasteiger partial charge in [-0.15, -0.1) is 0 Å². The Hall–Kier alpha value is -3.56. The zero-order chi connectivity index (χ0) is 19.0. The average molecular weight is 357 g/mol. The number of aromatic nitrogens is 4. The van der Waals surface area contributed by atoms with Crippen LogP contribution in [0.15, 0.2) is 27.8 Å². The van der Waals surface area contributed by atoms with E-state index >= 15 is 0 Å². The molecule has 0 aliphatic carbocycles. The number of rotatable bonds is 4. The van der Waals surface area contributed by atoms with Gasteiger partial charge in [0, 0.05) is 26.2 Å². The Morgan fingerprint density at radius 2 is 1.81 bits per heavy atom. The van der Waals surface area contributed by atoms with Gasteiger partial charge in [-0.2, -0.15) is 0 Å². The summed E-state index contributed by atoms with van der Waals surface area (Å²) in [5, 5.41) is 11.2. The SMILES string of the molecule is Cn1c(=O)c2nc3ccc(NC(=O)CCC(=O)O)cc3nc2n(C)c1=O. The van der Waals surface area contributed by atoms with Gasteiger partial charge in [-0.05, 0) is 18.2 Å². The Balaban J connectivity index is 2.06. The molecule has 0 saturated heterocycles. The van der Waals surface area contributed by atoms with E-state index in [1.807, 2.05) is 0 Å². The van der Waals surface area contributed by atoms with Crippen LogP contribution in [0.2, 0.25) is 0 Å². The molecule has 0 spiro atoms. The molecule has 2 aromatic heterocycles. The van der Waals surface area contributed by atoms with Crippen molar-refractivity contribution in [3.05, 3.63) is 39.0 Å². The van der Waals surface area contributed by atoms with E-state index in [0.717, 1.165) is 4.57 Å². The molecular weight excluding hydrogens is 342 g/mol. The molecule has 0 fully saturated rings. The molecule has 0 unspecified atom stereocenters. The van der Waals surface area contributed by atoms with Crippen LogP contribution in [0.25, 0.3) is 22.2 Å². The normalized spacial score (nSPS) is 11.0. The molecule has 26 heavy (non-hydrogen) atoms. The van der Waals surface area contributed by atoms with Crippen LogP contribution >= 0.6 is 0 Å². The predicted octanol–water partition coefficient (Wildman–Crippen LogP) is -0.0163. The molecule has 0 aliphatic heterocycles. The lowest BCUT2D eigenvalue weighted by atomic mass is 10.2. The third-order valence-corrected chi connectivity index (χ3v) is 3.89. The second kappa shape index (κ2) is 6.39. The van der Waals surface area contributed by atoms with Crippen LogP contribution in [0.3, 0.4) is 0 Å². The third kappa shape index (κ3) is 3.04. The molecule has 1 amide bonds. The van der Waals surface area contributed by atoms with Gasteiger partial charge in [0.05, 0.1) is 17.5 Å². The second-order valence-corrected chi connectivity index (χ2v) is 5.75. The van der Waals surface area contributed by atoms with Crippen molar-refractivity contribution in [2.75, 3.05) is 5.32 Å². The van der Waals surface area contributed by atoms with E-state index in [4.69, 9.17) is 5.11 Å². The number of carbonyl (C=O) groups is 2. The number of anilines is 1. The summed E-state index contributed by atoms with van der Waals surface area (Å²) in [6.07, 6.45) is -0.420. The summed E-state index contributed by atoms with van der Waals surface area (Å²) in [5.74, 6) is -1.50. The van der Waals surface area contributed by atoms with Gasteiger partial charge in [0.2, 0.25) is 5.91 Å². The minimum atomic E-state index is -1.06. The lowest BCUT2D eigenvalue weighted by molar-refractivity contribution is -0.138. The number of carboxylic acid groups (broad SMARTS) is 1. The van der Waals surface area contributed by atoms with E-state index in [9.17, 15) is 19.2 Å². The quantitative estimate of drug-likeness (QED) is 0.626. The number of hydrogen-bond donors (Lipinski definition) is 2. The van der Waals surface area contributed by atoms with Gasteiger partial charge >= 0.3 is 11.7 Å². The largest absolute Gasteiger partial charge is 0.481 e. The molecule has 2 heterocycles. The van der Waals surface area contributed by atoms with Crippen LogP contribution in [0, 0.1) is 0 Å². The van der Waals surface area contributed by atoms with E-state index in [-0.39, 0.29) is 24.0 Å². The summed E-state index contributed by atoms with van der Waals surface area (Å²) in [4.78, 5) is 55.1. The van der Waals surface area contributed by atoms with Crippen molar-refractivity contribution in [1.29, 1.82) is 0 Å². The van der Waals surface area contributed by atoms with E-state index in [0.29, 0.717) is 16.7 Å². The van der Waals surface area contributed by atoms with E-state index in [2.05, 4.69) is 15.3 Å². The first-order chi connectivity index (χ1) is 12.3. The zero-order valence-corrected chi connectivity index (χ0v) is 14.0. The lowest BCUT2D eigenvalue weighted by Crippen LogP contribution is -2.37. The van der Waals surface area contributed by atoms with Gasteiger partial charge in [-0.3, -0.25) is 23.5 Å². The number of aliphatic carboxylic acids is 1. The van der Waals surface area contributed by atoms with Gasteiger partial charge in [-0.1, -0.05) is 0 Å². The Morgan fingerprint density at radius 3 is 2.50 bits per heavy atom. The molecule has 0 aliphatic rings. The first-order valence-electron chi connectivity index (χ1n) is 7.67. The summed E-state index contributed by atoms with van der Waals surface area (Å²) in [6.45, 7) is 0. The predicted molar refractivity (Wildman–Crippen MR) is 93.0 cm³/mol. The summed E-state index contributed by atoms with van der Waals surface area (Å²) in [6, 6.07) is 4.70. The molecule has 2 N–H and O–H groups in total. The van der Waals surface area contributed by atoms with Gasteiger partial charge in [-0.25, -0.2) is 14.8 Å². The minimum absolute atomic E-state index is 0.0698. The van der Waals surface area contributed by atoms with Crippen molar-refractivity contribution in [3.63, 3.8) is 0 Å². The Morgan fingerprint density at radius 1 is 1.08 bits per heavy atom. The fraction of sp³-hybridized carbons (Fsp3) is 0.250. The lowest BCUT2D eigenvalue weighted by Gasteiger charge is -2.09. The van der Waals surface area contributed by atoms with Gasteiger partial charge in [0.15, 0.2) is 11.2 Å². The smallest absolute Gasteiger partial charge is 0.332 e. The maximum atomic E-state index is 12.2. The van der Waals surface area contributed by atoms with Crippen molar-refractivity contribution in [3.8, 4) is 0 Å². The summed E-state index contributed by atoms with van der Waals surface area (Å²) in [7, 11) is 2.86. The van der Waals surface area contributed by atoms with Crippen molar-refractivity contribution in [2.45, 2.75) is 12.8 Å². The molecule has 134 valence electrons. The van der Waals surface area contributed by atoms with Crippen LogP contribution in [0.4, 0.5) is 5.69 Å². The number of carboxylic acids is 1. The second-order valence-electron chi connectivity index (χ2n) is 5.75. The highest BCUT2D eigenvalue weighted by Gasteiger charge is 2.13. The maximum absolute atomic E-state index is 12.2. The van der Waals surface area contributed by atoms with Crippen molar-refractivity contribution < 1.29 is 14.7 Å². The molecule has 3 rings (SSSR count). The molecule has 10 heteroatoms. The number of carbonyl (C=O) groups excluding carboxylic acids is 1. The van der Waals surface area contributed by atoms with E-state index in [1.165, 1.54) is 18.7 Å². The summed E-state index contributed by atoms with van der Waals surface area (Å²) >= 11 is 0. The molecule has 0 bridgehead atoms. The Bertz CT molecular complexity index is 1180. The number of benzene rings is 1. The van der Waals surface area contributed by atoms with Crippen molar-refractivity contribution >= 4 is 39.8 Å². The number of nitrogens with one attached hydrogen (secondary N) is 1. The highest BCUT2D eigenvalue weighted by atomic mass is 16.4. The number of amides is 1. The zero-order valence-electron chi connectivity index (χ0n) is 14.0. The fourth-order valence-corrected chi connectivity index (χ4v) is 2.51. The van der Waals surface area contributed by atoms with Crippen LogP contribution in [-0.2, 0) is 23.7 Å². The molecule has 0 radical (unpaired) electrons. The number of nitrogens with zero attached hydrogens (tertiary/aromatic N) is 4. The highest BCUT2D eigenvalue weighted by Crippen LogP contribution is 2.18. The summed E-state index contributed by atoms with van der Waals surface area (Å²) in [5.41, 5.74) is 0.377. The van der Waals surface area contributed by atoms with Crippen LogP contribution in [-0.4, -0.2) is 36.1 Å². The van der Waals surface area contributed by atoms with Crippen molar-refractivity contribution in [1.82, 2.24) is 19.1 Å². The summed E-state index contributed by atoms with van der Waals surface area (Å²) < 4.78 is 2.18. The average Bonchev–Trinajstić information content (AvgIpc) is 2.61. The van der Waals surface area contributed by atoms with E-state index in [1.54, 1.807) is 18.2 Å². The molecule has 1 aromatic carbocycles. The van der Waals surface area contributed by atoms with E-state index < -0.39 is 23.1 Å². The number of hydrogen-bond acceptors (Lipinski definition) is 6. The monoisotopic (exact) mass is 357 g/mol. The fourth-order valence-electron chi connectivity index (χ4n) is 2.51. The molecule has 10 nitrogen and oxygen atoms in total. The van der Waals surface area contributed by atoms with Crippen LogP contribution in [0.1, 0.15) is 12.8 Å². The number of fused-ring (bicyclic) bond motifs is 2.